The first kappa shape index (κ1) is 30.0. The monoisotopic (exact) mass is 560 g/mol. The van der Waals surface area contributed by atoms with Crippen molar-refractivity contribution < 1.29 is 28.8 Å². The molecule has 6 nitrogen and oxygen atoms in total. The van der Waals surface area contributed by atoms with Gasteiger partial charge in [-0.05, 0) is 23.3 Å². The van der Waals surface area contributed by atoms with E-state index in [1.165, 1.54) is 0 Å². The van der Waals surface area contributed by atoms with E-state index in [9.17, 15) is 5.11 Å². The lowest BCUT2D eigenvalue weighted by Crippen LogP contribution is -2.18. The van der Waals surface area contributed by atoms with Gasteiger partial charge in [-0.2, -0.15) is 0 Å². The van der Waals surface area contributed by atoms with E-state index >= 15 is 0 Å². The van der Waals surface area contributed by atoms with Gasteiger partial charge in [0.25, 0.3) is 0 Å². The number of ether oxygens (including phenoxy) is 5. The normalized spacial score (nSPS) is 20.0. The van der Waals surface area contributed by atoms with E-state index in [1.54, 1.807) is 0 Å². The zero-order chi connectivity index (χ0) is 28.2. The summed E-state index contributed by atoms with van der Waals surface area (Å²) >= 11 is 0. The third-order valence-corrected chi connectivity index (χ3v) is 7.21. The molecule has 0 saturated heterocycles. The SMILES string of the molecule is C[Si](C)(C)C#Cc1cc2c(O)c(c1)COC[C@H](c1ccccc1)OCCOCCO[C@@H](c1ccccc1)COC2. The number of hydrogen-bond donors (Lipinski definition) is 1. The lowest BCUT2D eigenvalue weighted by molar-refractivity contribution is -0.0646. The summed E-state index contributed by atoms with van der Waals surface area (Å²) in [5, 5.41) is 11.2. The number of aromatic hydroxyl groups is 1. The Morgan fingerprint density at radius 1 is 0.675 bits per heavy atom. The van der Waals surface area contributed by atoms with E-state index in [0.717, 1.165) is 16.7 Å². The zero-order valence-electron chi connectivity index (χ0n) is 23.7. The van der Waals surface area contributed by atoms with Gasteiger partial charge >= 0.3 is 0 Å². The van der Waals surface area contributed by atoms with Crippen molar-refractivity contribution in [3.63, 3.8) is 0 Å². The van der Waals surface area contributed by atoms with Crippen LogP contribution in [-0.2, 0) is 36.9 Å². The van der Waals surface area contributed by atoms with Gasteiger partial charge in [-0.1, -0.05) is 86.2 Å². The highest BCUT2D eigenvalue weighted by Crippen LogP contribution is 2.28. The minimum absolute atomic E-state index is 0.169. The molecule has 0 fully saturated rings. The number of hydrogen-bond acceptors (Lipinski definition) is 6. The van der Waals surface area contributed by atoms with Gasteiger partial charge in [0.15, 0.2) is 0 Å². The molecule has 0 saturated carbocycles. The largest absolute Gasteiger partial charge is 0.507 e. The molecule has 4 rings (SSSR count). The molecule has 2 bridgehead atoms. The van der Waals surface area contributed by atoms with Crippen molar-refractivity contribution in [3.05, 3.63) is 101 Å². The van der Waals surface area contributed by atoms with Crippen molar-refractivity contribution in [1.82, 2.24) is 0 Å². The molecule has 3 aromatic carbocycles. The zero-order valence-corrected chi connectivity index (χ0v) is 24.7. The number of rotatable bonds is 2. The van der Waals surface area contributed by atoms with Crippen LogP contribution in [0.25, 0.3) is 0 Å². The fourth-order valence-electron chi connectivity index (χ4n) is 4.28. The number of fused-ring (bicyclic) bond motifs is 2. The second-order valence-electron chi connectivity index (χ2n) is 10.8. The van der Waals surface area contributed by atoms with Gasteiger partial charge in [0, 0.05) is 16.7 Å². The maximum Gasteiger partial charge on any atom is 0.129 e. The minimum atomic E-state index is -1.59. The lowest BCUT2D eigenvalue weighted by atomic mass is 10.0. The molecule has 0 spiro atoms. The van der Waals surface area contributed by atoms with Gasteiger partial charge in [-0.15, -0.1) is 5.54 Å². The van der Waals surface area contributed by atoms with Gasteiger partial charge in [-0.3, -0.25) is 0 Å². The van der Waals surface area contributed by atoms with Gasteiger partial charge < -0.3 is 28.8 Å². The number of phenols is 1. The molecule has 3 aromatic rings. The summed E-state index contributed by atoms with van der Waals surface area (Å²) in [6.45, 7) is 9.48. The molecule has 7 heteroatoms. The highest BCUT2D eigenvalue weighted by atomic mass is 28.3. The van der Waals surface area contributed by atoms with E-state index in [1.807, 2.05) is 72.8 Å². The third kappa shape index (κ3) is 9.60. The maximum atomic E-state index is 11.2. The van der Waals surface area contributed by atoms with E-state index in [2.05, 4.69) is 31.1 Å². The standard InChI is InChI=1S/C33H40O6Si/c1-40(2,3)19-14-26-20-29-22-36-24-31(27-10-6-4-7-11-27)38-17-15-35-16-18-39-32(28-12-8-5-9-13-28)25-37-23-30(21-26)33(29)34/h4-13,20-21,31-32,34H,15-18,22-25H2,1-3H3/t31-,32-/m1/s1. The Morgan fingerprint density at radius 3 is 1.60 bits per heavy atom. The molecule has 212 valence electrons. The van der Waals surface area contributed by atoms with Gasteiger partial charge in [0.2, 0.25) is 0 Å². The van der Waals surface area contributed by atoms with E-state index in [0.29, 0.717) is 50.8 Å². The second-order valence-corrected chi connectivity index (χ2v) is 15.6. The summed E-state index contributed by atoms with van der Waals surface area (Å²) in [7, 11) is -1.59. The molecule has 0 radical (unpaired) electrons. The molecular weight excluding hydrogens is 520 g/mol. The van der Waals surface area contributed by atoms with Gasteiger partial charge in [0.05, 0.1) is 52.9 Å². The highest BCUT2D eigenvalue weighted by molar-refractivity contribution is 6.83. The Labute approximate surface area is 239 Å². The average molecular weight is 561 g/mol. The van der Waals surface area contributed by atoms with Crippen molar-refractivity contribution in [2.45, 2.75) is 45.1 Å². The van der Waals surface area contributed by atoms with Crippen molar-refractivity contribution in [3.8, 4) is 17.2 Å². The fraction of sp³-hybridized carbons (Fsp3) is 0.394. The summed E-state index contributed by atoms with van der Waals surface area (Å²) in [6.07, 6.45) is -0.524. The molecule has 40 heavy (non-hydrogen) atoms. The number of phenolic OH excluding ortho intramolecular Hbond substituents is 1. The molecule has 1 aliphatic rings. The summed E-state index contributed by atoms with van der Waals surface area (Å²) < 4.78 is 30.3. The second kappa shape index (κ2) is 15.2. The fourth-order valence-corrected chi connectivity index (χ4v) is 4.80. The van der Waals surface area contributed by atoms with Crippen molar-refractivity contribution in [2.24, 2.45) is 0 Å². The van der Waals surface area contributed by atoms with Gasteiger partial charge in [0.1, 0.15) is 26.0 Å². The van der Waals surface area contributed by atoms with Crippen LogP contribution in [0.5, 0.6) is 5.75 Å². The van der Waals surface area contributed by atoms with Crippen LogP contribution in [-0.4, -0.2) is 52.8 Å². The van der Waals surface area contributed by atoms with E-state index in [-0.39, 0.29) is 31.2 Å². The van der Waals surface area contributed by atoms with Crippen molar-refractivity contribution in [1.29, 1.82) is 0 Å². The quantitative estimate of drug-likeness (QED) is 0.297. The van der Waals surface area contributed by atoms with E-state index in [4.69, 9.17) is 23.7 Å². The first-order chi connectivity index (χ1) is 19.4. The Morgan fingerprint density at radius 2 is 1.15 bits per heavy atom. The number of benzene rings is 3. The first-order valence-corrected chi connectivity index (χ1v) is 17.3. The van der Waals surface area contributed by atoms with Crippen LogP contribution in [0.4, 0.5) is 0 Å². The van der Waals surface area contributed by atoms with Crippen molar-refractivity contribution >= 4 is 8.07 Å². The Bertz CT molecular complexity index is 1170. The molecule has 1 heterocycles. The predicted octanol–water partition coefficient (Wildman–Crippen LogP) is 6.20. The third-order valence-electron chi connectivity index (χ3n) is 6.34. The first-order valence-electron chi connectivity index (χ1n) is 13.8. The Hall–Kier alpha value is -2.96. The molecule has 1 aliphatic heterocycles. The van der Waals surface area contributed by atoms with Gasteiger partial charge in [-0.25, -0.2) is 0 Å². The Kier molecular flexibility index (Phi) is 11.4. The summed E-state index contributed by atoms with van der Waals surface area (Å²) in [4.78, 5) is 0. The van der Waals surface area contributed by atoms with Crippen LogP contribution in [0, 0.1) is 11.5 Å². The summed E-state index contributed by atoms with van der Waals surface area (Å²) in [5.74, 6) is 3.49. The maximum absolute atomic E-state index is 11.2. The van der Waals surface area contributed by atoms with Crippen LogP contribution >= 0.6 is 0 Å². The molecular formula is C33H40O6Si. The molecule has 0 amide bonds. The van der Waals surface area contributed by atoms with Crippen LogP contribution in [0.15, 0.2) is 72.8 Å². The minimum Gasteiger partial charge on any atom is -0.507 e. The molecule has 0 aromatic heterocycles. The predicted molar refractivity (Wildman–Crippen MR) is 159 cm³/mol. The molecule has 2 atom stereocenters. The molecule has 0 unspecified atom stereocenters. The topological polar surface area (TPSA) is 66.4 Å². The van der Waals surface area contributed by atoms with E-state index < -0.39 is 8.07 Å². The Balaban J connectivity index is 1.59. The van der Waals surface area contributed by atoms with Crippen LogP contribution in [0.3, 0.4) is 0 Å². The van der Waals surface area contributed by atoms with Crippen LogP contribution in [0.1, 0.15) is 40.0 Å². The smallest absolute Gasteiger partial charge is 0.129 e. The molecule has 0 aliphatic carbocycles. The highest BCUT2D eigenvalue weighted by Gasteiger charge is 2.17. The summed E-state index contributed by atoms with van der Waals surface area (Å²) in [6, 6.07) is 23.8. The van der Waals surface area contributed by atoms with Crippen LogP contribution < -0.4 is 0 Å². The van der Waals surface area contributed by atoms with Crippen LogP contribution in [0.2, 0.25) is 19.6 Å². The summed E-state index contributed by atoms with van der Waals surface area (Å²) in [5.41, 5.74) is 7.67. The average Bonchev–Trinajstić information content (AvgIpc) is 2.95. The van der Waals surface area contributed by atoms with Crippen molar-refractivity contribution in [2.75, 3.05) is 39.6 Å². The lowest BCUT2D eigenvalue weighted by Gasteiger charge is -2.21. The molecule has 1 N–H and O–H groups in total.